The Morgan fingerprint density at radius 3 is 2.41 bits per heavy atom. The molecule has 4 rings (SSSR count). The number of hydrogen-bond acceptors (Lipinski definition) is 6. The molecule has 2 aromatic carbocycles. The van der Waals surface area contributed by atoms with Gasteiger partial charge in [0, 0.05) is 50.4 Å². The van der Waals surface area contributed by atoms with Crippen LogP contribution < -0.4 is 10.2 Å². The van der Waals surface area contributed by atoms with Crippen LogP contribution in [0.25, 0.3) is 0 Å². The lowest BCUT2D eigenvalue weighted by atomic mass is 10.1. The SMILES string of the molecule is O=C(NCC(c1ccco1)N1CCN(c2ccccc2F)CC1)c1ccc([N+](=O)[O-])cc1. The van der Waals surface area contributed by atoms with Gasteiger partial charge < -0.3 is 14.6 Å². The predicted molar refractivity (Wildman–Crippen MR) is 117 cm³/mol. The zero-order valence-electron chi connectivity index (χ0n) is 17.3. The topological polar surface area (TPSA) is 91.9 Å². The second-order valence-electron chi connectivity index (χ2n) is 7.52. The number of rotatable bonds is 7. The van der Waals surface area contributed by atoms with E-state index in [1.54, 1.807) is 24.5 Å². The lowest BCUT2D eigenvalue weighted by Gasteiger charge is -2.39. The van der Waals surface area contributed by atoms with E-state index in [1.807, 2.05) is 17.0 Å². The molecule has 1 atom stereocenters. The van der Waals surface area contributed by atoms with Crippen molar-refractivity contribution < 1.29 is 18.5 Å². The summed E-state index contributed by atoms with van der Waals surface area (Å²) in [7, 11) is 0. The predicted octanol–water partition coefficient (Wildman–Crippen LogP) is 3.62. The first kappa shape index (κ1) is 21.5. The number of anilines is 1. The highest BCUT2D eigenvalue weighted by Crippen LogP contribution is 2.26. The van der Waals surface area contributed by atoms with E-state index in [0.717, 1.165) is 5.76 Å². The molecule has 1 fully saturated rings. The van der Waals surface area contributed by atoms with Gasteiger partial charge >= 0.3 is 0 Å². The van der Waals surface area contributed by atoms with Gasteiger partial charge in [0.1, 0.15) is 11.6 Å². The molecule has 0 spiro atoms. The van der Waals surface area contributed by atoms with Gasteiger partial charge in [0.15, 0.2) is 0 Å². The highest BCUT2D eigenvalue weighted by atomic mass is 19.1. The molecule has 0 radical (unpaired) electrons. The Hall–Kier alpha value is -3.72. The van der Waals surface area contributed by atoms with Gasteiger partial charge in [-0.1, -0.05) is 12.1 Å². The van der Waals surface area contributed by atoms with Crippen molar-refractivity contribution in [1.29, 1.82) is 0 Å². The molecule has 1 aromatic heterocycles. The lowest BCUT2D eigenvalue weighted by Crippen LogP contribution is -2.50. The first-order valence-corrected chi connectivity index (χ1v) is 10.3. The average Bonchev–Trinajstić information content (AvgIpc) is 3.34. The number of nitro benzene ring substituents is 1. The van der Waals surface area contributed by atoms with Gasteiger partial charge in [0.05, 0.1) is 22.9 Å². The largest absolute Gasteiger partial charge is 0.468 e. The number of nitro groups is 1. The molecule has 0 saturated carbocycles. The van der Waals surface area contributed by atoms with Crippen molar-refractivity contribution in [2.75, 3.05) is 37.6 Å². The molecule has 0 bridgehead atoms. The minimum absolute atomic E-state index is 0.0669. The number of carbonyl (C=O) groups excluding carboxylic acids is 1. The molecule has 3 aromatic rings. The summed E-state index contributed by atoms with van der Waals surface area (Å²) in [5, 5.41) is 13.7. The number of nitrogens with zero attached hydrogens (tertiary/aromatic N) is 3. The van der Waals surface area contributed by atoms with Crippen LogP contribution in [0.2, 0.25) is 0 Å². The molecule has 32 heavy (non-hydrogen) atoms. The Balaban J connectivity index is 1.41. The molecular formula is C23H23FN4O4. The molecular weight excluding hydrogens is 415 g/mol. The fraction of sp³-hybridized carbons (Fsp3) is 0.261. The van der Waals surface area contributed by atoms with Crippen molar-refractivity contribution in [2.45, 2.75) is 6.04 Å². The summed E-state index contributed by atoms with van der Waals surface area (Å²) in [5.74, 6) is 0.175. The first-order valence-electron chi connectivity index (χ1n) is 10.3. The van der Waals surface area contributed by atoms with Gasteiger partial charge in [0.2, 0.25) is 0 Å². The maximum absolute atomic E-state index is 14.1. The fourth-order valence-corrected chi connectivity index (χ4v) is 3.90. The van der Waals surface area contributed by atoms with E-state index >= 15 is 0 Å². The number of nitrogens with one attached hydrogen (secondary N) is 1. The van der Waals surface area contributed by atoms with Crippen LogP contribution in [0.15, 0.2) is 71.3 Å². The summed E-state index contributed by atoms with van der Waals surface area (Å²) in [5.41, 5.74) is 0.870. The van der Waals surface area contributed by atoms with Gasteiger partial charge in [-0.2, -0.15) is 0 Å². The molecule has 9 heteroatoms. The summed E-state index contributed by atoms with van der Waals surface area (Å²) in [4.78, 5) is 27.1. The van der Waals surface area contributed by atoms with E-state index in [-0.39, 0.29) is 23.5 Å². The molecule has 2 heterocycles. The third kappa shape index (κ3) is 4.78. The van der Waals surface area contributed by atoms with Crippen LogP contribution in [0.4, 0.5) is 15.8 Å². The number of amides is 1. The second-order valence-corrected chi connectivity index (χ2v) is 7.52. The van der Waals surface area contributed by atoms with Crippen molar-refractivity contribution in [3.63, 3.8) is 0 Å². The minimum Gasteiger partial charge on any atom is -0.468 e. The number of furan rings is 1. The van der Waals surface area contributed by atoms with Crippen LogP contribution in [0.5, 0.6) is 0 Å². The molecule has 1 N–H and O–H groups in total. The van der Waals surface area contributed by atoms with Crippen LogP contribution >= 0.6 is 0 Å². The normalized spacial score (nSPS) is 15.3. The highest BCUT2D eigenvalue weighted by Gasteiger charge is 2.28. The summed E-state index contributed by atoms with van der Waals surface area (Å²) < 4.78 is 19.8. The van der Waals surface area contributed by atoms with Crippen molar-refractivity contribution in [3.8, 4) is 0 Å². The zero-order valence-corrected chi connectivity index (χ0v) is 17.3. The average molecular weight is 438 g/mol. The Morgan fingerprint density at radius 1 is 1.06 bits per heavy atom. The summed E-state index contributed by atoms with van der Waals surface area (Å²) in [6, 6.07) is 15.7. The smallest absolute Gasteiger partial charge is 0.269 e. The molecule has 8 nitrogen and oxygen atoms in total. The van der Waals surface area contributed by atoms with E-state index in [1.165, 1.54) is 30.3 Å². The molecule has 1 aliphatic heterocycles. The molecule has 1 saturated heterocycles. The standard InChI is InChI=1S/C23H23FN4O4/c24-19-4-1-2-5-20(19)26-11-13-27(14-12-26)21(22-6-3-15-32-22)16-25-23(29)17-7-9-18(10-8-17)28(30)31/h1-10,15,21H,11-14,16H2,(H,25,29). The molecule has 1 amide bonds. The van der Waals surface area contributed by atoms with Crippen molar-refractivity contribution in [2.24, 2.45) is 0 Å². The Kier molecular flexibility index (Phi) is 6.46. The Labute approximate surface area is 184 Å². The fourth-order valence-electron chi connectivity index (χ4n) is 3.90. The van der Waals surface area contributed by atoms with Crippen LogP contribution in [0.1, 0.15) is 22.2 Å². The van der Waals surface area contributed by atoms with E-state index in [2.05, 4.69) is 10.2 Å². The summed E-state index contributed by atoms with van der Waals surface area (Å²) >= 11 is 0. The Bertz CT molecular complexity index is 1060. The van der Waals surface area contributed by atoms with E-state index in [4.69, 9.17) is 4.42 Å². The second kappa shape index (κ2) is 9.61. The molecule has 0 aliphatic carbocycles. The molecule has 1 unspecified atom stereocenters. The van der Waals surface area contributed by atoms with Crippen molar-refractivity contribution in [1.82, 2.24) is 10.2 Å². The monoisotopic (exact) mass is 438 g/mol. The number of halogens is 1. The quantitative estimate of drug-likeness (QED) is 0.448. The Morgan fingerprint density at radius 2 is 1.78 bits per heavy atom. The number of para-hydroxylation sites is 1. The molecule has 166 valence electrons. The number of non-ortho nitro benzene ring substituents is 1. The number of hydrogen-bond donors (Lipinski definition) is 1. The number of carbonyl (C=O) groups is 1. The van der Waals surface area contributed by atoms with E-state index in [9.17, 15) is 19.3 Å². The first-order chi connectivity index (χ1) is 15.5. The maximum Gasteiger partial charge on any atom is 0.269 e. The number of benzene rings is 2. The van der Waals surface area contributed by atoms with Crippen LogP contribution in [-0.2, 0) is 0 Å². The molecule has 1 aliphatic rings. The number of piperazine rings is 1. The van der Waals surface area contributed by atoms with Gasteiger partial charge in [-0.15, -0.1) is 0 Å². The van der Waals surface area contributed by atoms with Crippen molar-refractivity contribution in [3.05, 3.63) is 94.2 Å². The summed E-state index contributed by atoms with van der Waals surface area (Å²) in [6.07, 6.45) is 1.59. The highest BCUT2D eigenvalue weighted by molar-refractivity contribution is 5.94. The van der Waals surface area contributed by atoms with E-state index in [0.29, 0.717) is 44.0 Å². The third-order valence-electron chi connectivity index (χ3n) is 5.62. The van der Waals surface area contributed by atoms with Gasteiger partial charge in [-0.25, -0.2) is 4.39 Å². The maximum atomic E-state index is 14.1. The van der Waals surface area contributed by atoms with Crippen molar-refractivity contribution >= 4 is 17.3 Å². The zero-order chi connectivity index (χ0) is 22.5. The van der Waals surface area contributed by atoms with Crippen LogP contribution in [0.3, 0.4) is 0 Å². The summed E-state index contributed by atoms with van der Waals surface area (Å²) in [6.45, 7) is 2.95. The van der Waals surface area contributed by atoms with Gasteiger partial charge in [0.25, 0.3) is 11.6 Å². The van der Waals surface area contributed by atoms with Crippen LogP contribution in [0, 0.1) is 15.9 Å². The van der Waals surface area contributed by atoms with Gasteiger partial charge in [-0.05, 0) is 36.4 Å². The lowest BCUT2D eigenvalue weighted by molar-refractivity contribution is -0.384. The third-order valence-corrected chi connectivity index (χ3v) is 5.62. The minimum atomic E-state index is -0.504. The van der Waals surface area contributed by atoms with Crippen LogP contribution in [-0.4, -0.2) is 48.5 Å². The van der Waals surface area contributed by atoms with Gasteiger partial charge in [-0.3, -0.25) is 19.8 Å². The van der Waals surface area contributed by atoms with E-state index < -0.39 is 4.92 Å².